The van der Waals surface area contributed by atoms with Crippen molar-refractivity contribution in [3.05, 3.63) is 0 Å². The van der Waals surface area contributed by atoms with E-state index in [1.165, 1.54) is 0 Å². The van der Waals surface area contributed by atoms with Crippen molar-refractivity contribution in [2.75, 3.05) is 39.5 Å². The Morgan fingerprint density at radius 2 is 1.00 bits per heavy atom. The van der Waals surface area contributed by atoms with E-state index < -0.39 is 19.4 Å². The molecule has 0 fully saturated rings. The molecule has 0 aliphatic carbocycles. The Morgan fingerprint density at radius 1 is 0.682 bits per heavy atom. The van der Waals surface area contributed by atoms with E-state index in [9.17, 15) is 9.59 Å². The van der Waals surface area contributed by atoms with Gasteiger partial charge in [0.15, 0.2) is 0 Å². The largest absolute Gasteiger partial charge is 0.377 e. The zero-order valence-electron chi connectivity index (χ0n) is 11.1. The monoisotopic (exact) mass is 436 g/mol. The second kappa shape index (κ2) is 11.2. The van der Waals surface area contributed by atoms with Crippen LogP contribution in [-0.4, -0.2) is 58.9 Å². The first-order valence-corrected chi connectivity index (χ1v) is 8.17. The van der Waals surface area contributed by atoms with Gasteiger partial charge in [-0.15, -0.1) is 0 Å². The number of alkyl halides is 6. The van der Waals surface area contributed by atoms with E-state index in [2.05, 4.69) is 10.6 Å². The molecule has 0 aliphatic heterocycles. The molecule has 0 saturated carbocycles. The maximum absolute atomic E-state index is 11.1. The van der Waals surface area contributed by atoms with Crippen molar-refractivity contribution in [1.29, 1.82) is 0 Å². The first kappa shape index (κ1) is 22.6. The van der Waals surface area contributed by atoms with Crippen molar-refractivity contribution in [1.82, 2.24) is 10.6 Å². The van der Waals surface area contributed by atoms with Crippen molar-refractivity contribution in [3.63, 3.8) is 0 Å². The molecule has 6 nitrogen and oxygen atoms in total. The standard InChI is InChI=1S/C10H14Cl6N2O4/c11-9(12,13)7(19)17-1-3-21-5-6-22-4-2-18-8(20)10(14,15)16/h1-6H2,(H,17,19)(H,18,20). The molecule has 0 aromatic rings. The summed E-state index contributed by atoms with van der Waals surface area (Å²) in [4.78, 5) is 22.3. The summed E-state index contributed by atoms with van der Waals surface area (Å²) < 4.78 is 6.35. The van der Waals surface area contributed by atoms with E-state index in [0.29, 0.717) is 13.2 Å². The molecule has 0 bridgehead atoms. The van der Waals surface area contributed by atoms with Crippen LogP contribution in [-0.2, 0) is 19.1 Å². The van der Waals surface area contributed by atoms with Crippen molar-refractivity contribution in [3.8, 4) is 0 Å². The summed E-state index contributed by atoms with van der Waals surface area (Å²) in [6.45, 7) is 1.46. The fourth-order valence-corrected chi connectivity index (χ4v) is 1.40. The minimum atomic E-state index is -1.99. The van der Waals surface area contributed by atoms with Gasteiger partial charge in [0, 0.05) is 13.1 Å². The quantitative estimate of drug-likeness (QED) is 0.426. The Labute approximate surface area is 157 Å². The third kappa shape index (κ3) is 12.1. The lowest BCUT2D eigenvalue weighted by atomic mass is 10.6. The summed E-state index contributed by atoms with van der Waals surface area (Å²) in [5.41, 5.74) is 0. The number of nitrogens with one attached hydrogen (secondary N) is 2. The Kier molecular flexibility index (Phi) is 11.5. The van der Waals surface area contributed by atoms with Gasteiger partial charge in [-0.3, -0.25) is 9.59 Å². The number of carbonyl (C=O) groups excluding carboxylic acids is 2. The predicted molar refractivity (Wildman–Crippen MR) is 88.2 cm³/mol. The maximum atomic E-state index is 11.1. The molecule has 0 aliphatic rings. The third-order valence-corrected chi connectivity index (χ3v) is 2.98. The van der Waals surface area contributed by atoms with Crippen LogP contribution >= 0.6 is 69.6 Å². The highest BCUT2D eigenvalue weighted by atomic mass is 35.6. The van der Waals surface area contributed by atoms with Crippen LogP contribution in [0.5, 0.6) is 0 Å². The van der Waals surface area contributed by atoms with Gasteiger partial charge in [0.05, 0.1) is 26.4 Å². The molecule has 22 heavy (non-hydrogen) atoms. The zero-order chi connectivity index (χ0) is 17.2. The lowest BCUT2D eigenvalue weighted by Gasteiger charge is -2.12. The van der Waals surface area contributed by atoms with Crippen molar-refractivity contribution < 1.29 is 19.1 Å². The SMILES string of the molecule is O=C(NCCOCCOCCNC(=O)C(Cl)(Cl)Cl)C(Cl)(Cl)Cl. The minimum absolute atomic E-state index is 0.200. The van der Waals surface area contributed by atoms with Crippen LogP contribution in [0.4, 0.5) is 0 Å². The first-order chi connectivity index (χ1) is 10.0. The number of carbonyl (C=O) groups is 2. The van der Waals surface area contributed by atoms with E-state index >= 15 is 0 Å². The van der Waals surface area contributed by atoms with Crippen LogP contribution < -0.4 is 10.6 Å². The van der Waals surface area contributed by atoms with Crippen LogP contribution in [0, 0.1) is 0 Å². The molecule has 0 atom stereocenters. The Balaban J connectivity index is 3.38. The number of rotatable bonds is 9. The summed E-state index contributed by atoms with van der Waals surface area (Å²) in [5, 5.41) is 4.75. The van der Waals surface area contributed by atoms with Gasteiger partial charge in [-0.1, -0.05) is 69.6 Å². The second-order valence-electron chi connectivity index (χ2n) is 3.73. The van der Waals surface area contributed by atoms with E-state index in [1.807, 2.05) is 0 Å². The smallest absolute Gasteiger partial charge is 0.272 e. The molecule has 0 heterocycles. The van der Waals surface area contributed by atoms with Crippen molar-refractivity contribution in [2.24, 2.45) is 0 Å². The van der Waals surface area contributed by atoms with Gasteiger partial charge in [-0.2, -0.15) is 0 Å². The van der Waals surface area contributed by atoms with Crippen LogP contribution in [0.15, 0.2) is 0 Å². The zero-order valence-corrected chi connectivity index (χ0v) is 15.7. The average Bonchev–Trinajstić information content (AvgIpc) is 2.38. The fraction of sp³-hybridized carbons (Fsp3) is 0.800. The van der Waals surface area contributed by atoms with E-state index in [0.717, 1.165) is 0 Å². The van der Waals surface area contributed by atoms with Crippen LogP contribution in [0.3, 0.4) is 0 Å². The van der Waals surface area contributed by atoms with Crippen molar-refractivity contribution >= 4 is 81.4 Å². The summed E-state index contributed by atoms with van der Waals surface area (Å²) in [7, 11) is 0. The third-order valence-electron chi connectivity index (χ3n) is 1.95. The van der Waals surface area contributed by atoms with Gasteiger partial charge in [-0.25, -0.2) is 0 Å². The van der Waals surface area contributed by atoms with Gasteiger partial charge in [0.25, 0.3) is 19.4 Å². The molecule has 0 unspecified atom stereocenters. The van der Waals surface area contributed by atoms with Gasteiger partial charge in [-0.05, 0) is 0 Å². The number of ether oxygens (including phenoxy) is 2. The molecule has 0 aromatic heterocycles. The number of hydrogen-bond acceptors (Lipinski definition) is 4. The molecule has 12 heteroatoms. The molecule has 0 radical (unpaired) electrons. The number of halogens is 6. The molecule has 0 spiro atoms. The highest BCUT2D eigenvalue weighted by molar-refractivity contribution is 6.76. The highest BCUT2D eigenvalue weighted by Gasteiger charge is 2.30. The van der Waals surface area contributed by atoms with Crippen LogP contribution in [0.1, 0.15) is 0 Å². The van der Waals surface area contributed by atoms with Gasteiger partial charge >= 0.3 is 0 Å². The molecular formula is C10H14Cl6N2O4. The van der Waals surface area contributed by atoms with Crippen molar-refractivity contribution in [2.45, 2.75) is 7.59 Å². The van der Waals surface area contributed by atoms with Crippen LogP contribution in [0.25, 0.3) is 0 Å². The summed E-state index contributed by atoms with van der Waals surface area (Å²) >= 11 is 32.1. The van der Waals surface area contributed by atoms with E-state index in [-0.39, 0.29) is 26.3 Å². The molecule has 0 aromatic carbocycles. The maximum Gasteiger partial charge on any atom is 0.272 e. The summed E-state index contributed by atoms with van der Waals surface area (Å²) in [6, 6.07) is 0. The molecule has 0 rings (SSSR count). The van der Waals surface area contributed by atoms with Gasteiger partial charge in [0.1, 0.15) is 0 Å². The molecule has 2 amide bonds. The molecule has 2 N–H and O–H groups in total. The molecule has 0 saturated heterocycles. The number of amides is 2. The number of hydrogen-bond donors (Lipinski definition) is 2. The lowest BCUT2D eigenvalue weighted by Crippen LogP contribution is -2.37. The predicted octanol–water partition coefficient (Wildman–Crippen LogP) is 1.99. The summed E-state index contributed by atoms with van der Waals surface area (Å²) in [6.07, 6.45) is 0. The first-order valence-electron chi connectivity index (χ1n) is 5.90. The second-order valence-corrected chi connectivity index (χ2v) is 8.29. The Hall–Kier alpha value is 0.600. The van der Waals surface area contributed by atoms with Gasteiger partial charge in [0.2, 0.25) is 0 Å². The summed E-state index contributed by atoms with van der Waals surface area (Å²) in [5.74, 6) is -1.44. The minimum Gasteiger partial charge on any atom is -0.377 e. The average molecular weight is 439 g/mol. The van der Waals surface area contributed by atoms with E-state index in [4.69, 9.17) is 79.1 Å². The fourth-order valence-electron chi connectivity index (χ4n) is 0.996. The van der Waals surface area contributed by atoms with Gasteiger partial charge < -0.3 is 20.1 Å². The normalized spacial score (nSPS) is 12.1. The van der Waals surface area contributed by atoms with Crippen LogP contribution in [0.2, 0.25) is 0 Å². The van der Waals surface area contributed by atoms with E-state index in [1.54, 1.807) is 0 Å². The topological polar surface area (TPSA) is 76.7 Å². The Morgan fingerprint density at radius 3 is 1.27 bits per heavy atom. The highest BCUT2D eigenvalue weighted by Crippen LogP contribution is 2.26. The molecular weight excluding hydrogens is 425 g/mol. The lowest BCUT2D eigenvalue weighted by molar-refractivity contribution is -0.121. The molecule has 130 valence electrons. The Bertz CT molecular complexity index is 324.